The van der Waals surface area contributed by atoms with Gasteiger partial charge >= 0.3 is 0 Å². The van der Waals surface area contributed by atoms with Crippen LogP contribution in [0.4, 0.5) is 0 Å². The second kappa shape index (κ2) is 9.68. The number of hydrogen-bond acceptors (Lipinski definition) is 1. The van der Waals surface area contributed by atoms with Crippen LogP contribution in [-0.4, -0.2) is 7.11 Å². The zero-order valence-corrected chi connectivity index (χ0v) is 18.4. The molecular weight excluding hydrogens is 340 g/mol. The second-order valence-electron chi connectivity index (χ2n) is 10.3. The number of fused-ring (bicyclic) bond motifs is 2. The minimum absolute atomic E-state index is 0.939. The smallest absolute Gasteiger partial charge is 0.119 e. The summed E-state index contributed by atoms with van der Waals surface area (Å²) >= 11 is 0. The van der Waals surface area contributed by atoms with Crippen molar-refractivity contribution in [3.05, 3.63) is 29.3 Å². The Bertz CT molecular complexity index is 621. The van der Waals surface area contributed by atoms with Crippen molar-refractivity contribution < 1.29 is 4.74 Å². The number of aryl methyl sites for hydroxylation is 1. The lowest BCUT2D eigenvalue weighted by Crippen LogP contribution is -2.35. The van der Waals surface area contributed by atoms with Gasteiger partial charge in [-0.1, -0.05) is 51.5 Å². The number of benzene rings is 1. The molecule has 1 heteroatoms. The highest BCUT2D eigenvalue weighted by Crippen LogP contribution is 2.49. The van der Waals surface area contributed by atoms with E-state index in [-0.39, 0.29) is 0 Å². The average Bonchev–Trinajstić information content (AvgIpc) is 2.75. The van der Waals surface area contributed by atoms with Crippen molar-refractivity contribution in [2.24, 2.45) is 29.6 Å². The summed E-state index contributed by atoms with van der Waals surface area (Å²) in [6.45, 7) is 2.32. The highest BCUT2D eigenvalue weighted by atomic mass is 16.5. The quantitative estimate of drug-likeness (QED) is 0.441. The first-order valence-electron chi connectivity index (χ1n) is 12.4. The summed E-state index contributed by atoms with van der Waals surface area (Å²) in [6.07, 6.45) is 20.5. The predicted octanol–water partition coefficient (Wildman–Crippen LogP) is 7.60. The van der Waals surface area contributed by atoms with Gasteiger partial charge in [0.15, 0.2) is 0 Å². The van der Waals surface area contributed by atoms with Crippen LogP contribution in [-0.2, 0) is 12.8 Å². The number of rotatable bonds is 7. The van der Waals surface area contributed by atoms with Crippen LogP contribution in [0, 0.1) is 29.6 Å². The van der Waals surface area contributed by atoms with Crippen molar-refractivity contribution in [2.75, 3.05) is 7.11 Å². The molecule has 0 bridgehead atoms. The van der Waals surface area contributed by atoms with Crippen LogP contribution < -0.4 is 4.74 Å². The van der Waals surface area contributed by atoms with E-state index in [1.165, 1.54) is 70.6 Å². The van der Waals surface area contributed by atoms with Crippen LogP contribution in [0.5, 0.6) is 5.75 Å². The average molecular weight is 383 g/mol. The first-order valence-corrected chi connectivity index (χ1v) is 12.4. The first kappa shape index (κ1) is 20.3. The third-order valence-corrected chi connectivity index (χ3v) is 8.57. The number of ether oxygens (including phenoxy) is 1. The van der Waals surface area contributed by atoms with Crippen LogP contribution >= 0.6 is 0 Å². The van der Waals surface area contributed by atoms with E-state index in [0.717, 1.165) is 35.3 Å². The fourth-order valence-electron chi connectivity index (χ4n) is 6.86. The SMILES string of the molecule is CCCCCCC1CCC2CC(C3CCc4cc(OC)ccc4C3)CCC2C1. The van der Waals surface area contributed by atoms with Crippen molar-refractivity contribution in [1.29, 1.82) is 0 Å². The molecule has 0 saturated heterocycles. The van der Waals surface area contributed by atoms with E-state index in [2.05, 4.69) is 25.1 Å². The Morgan fingerprint density at radius 3 is 2.43 bits per heavy atom. The molecule has 0 amide bonds. The minimum atomic E-state index is 0.939. The summed E-state index contributed by atoms with van der Waals surface area (Å²) in [5.74, 6) is 6.16. The van der Waals surface area contributed by atoms with E-state index in [1.807, 2.05) is 0 Å². The highest BCUT2D eigenvalue weighted by Gasteiger charge is 2.38. The van der Waals surface area contributed by atoms with Gasteiger partial charge in [0, 0.05) is 0 Å². The maximum Gasteiger partial charge on any atom is 0.119 e. The minimum Gasteiger partial charge on any atom is -0.497 e. The van der Waals surface area contributed by atoms with Crippen LogP contribution in [0.3, 0.4) is 0 Å². The summed E-state index contributed by atoms with van der Waals surface area (Å²) in [5, 5.41) is 0. The number of hydrogen-bond donors (Lipinski definition) is 0. The molecule has 0 spiro atoms. The zero-order valence-electron chi connectivity index (χ0n) is 18.4. The Hall–Kier alpha value is -0.980. The van der Waals surface area contributed by atoms with Crippen LogP contribution in [0.1, 0.15) is 95.1 Å². The van der Waals surface area contributed by atoms with Gasteiger partial charge in [-0.25, -0.2) is 0 Å². The Balaban J connectivity index is 1.27. The van der Waals surface area contributed by atoms with Gasteiger partial charge in [-0.2, -0.15) is 0 Å². The molecule has 1 nitrogen and oxygen atoms in total. The molecule has 5 unspecified atom stereocenters. The molecule has 5 atom stereocenters. The summed E-state index contributed by atoms with van der Waals surface area (Å²) < 4.78 is 5.43. The van der Waals surface area contributed by atoms with Crippen molar-refractivity contribution in [1.82, 2.24) is 0 Å². The maximum atomic E-state index is 5.43. The van der Waals surface area contributed by atoms with Crippen LogP contribution in [0.25, 0.3) is 0 Å². The van der Waals surface area contributed by atoms with Gasteiger partial charge in [0.2, 0.25) is 0 Å². The normalized spacial score (nSPS) is 32.4. The lowest BCUT2D eigenvalue weighted by Gasteiger charge is -2.45. The van der Waals surface area contributed by atoms with E-state index in [9.17, 15) is 0 Å². The van der Waals surface area contributed by atoms with Crippen molar-refractivity contribution in [3.8, 4) is 5.75 Å². The van der Waals surface area contributed by atoms with Crippen LogP contribution in [0.2, 0.25) is 0 Å². The molecule has 3 aliphatic rings. The molecule has 156 valence electrons. The summed E-state index contributed by atoms with van der Waals surface area (Å²) in [6, 6.07) is 6.79. The summed E-state index contributed by atoms with van der Waals surface area (Å²) in [4.78, 5) is 0. The van der Waals surface area contributed by atoms with E-state index in [0.29, 0.717) is 0 Å². The Labute approximate surface area is 173 Å². The van der Waals surface area contributed by atoms with E-state index >= 15 is 0 Å². The zero-order chi connectivity index (χ0) is 19.3. The molecule has 0 N–H and O–H groups in total. The largest absolute Gasteiger partial charge is 0.497 e. The van der Waals surface area contributed by atoms with Gasteiger partial charge in [-0.3, -0.25) is 0 Å². The summed E-state index contributed by atoms with van der Waals surface area (Å²) in [7, 11) is 1.78. The monoisotopic (exact) mass is 382 g/mol. The van der Waals surface area contributed by atoms with Gasteiger partial charge < -0.3 is 4.74 Å². The molecule has 3 aliphatic carbocycles. The molecule has 0 radical (unpaired) electrons. The predicted molar refractivity (Wildman–Crippen MR) is 119 cm³/mol. The Kier molecular flexibility index (Phi) is 7.02. The van der Waals surface area contributed by atoms with E-state index in [4.69, 9.17) is 4.74 Å². The fourth-order valence-corrected chi connectivity index (χ4v) is 6.86. The van der Waals surface area contributed by atoms with Gasteiger partial charge in [0.25, 0.3) is 0 Å². The molecule has 1 aromatic carbocycles. The Morgan fingerprint density at radius 2 is 1.61 bits per heavy atom. The summed E-state index contributed by atoms with van der Waals surface area (Å²) in [5.41, 5.74) is 3.16. The third-order valence-electron chi connectivity index (χ3n) is 8.57. The molecule has 4 rings (SSSR count). The van der Waals surface area contributed by atoms with Crippen molar-refractivity contribution in [3.63, 3.8) is 0 Å². The lowest BCUT2D eigenvalue weighted by atomic mass is 9.61. The molecule has 0 heterocycles. The second-order valence-corrected chi connectivity index (χ2v) is 10.3. The standard InChI is InChI=1S/C27H42O/c1-3-4-5-6-7-20-8-9-22-17-23(11-10-21(22)16-20)24-12-13-26-19-27(28-2)15-14-25(26)18-24/h14-15,19-24H,3-13,16-18H2,1-2H3. The van der Waals surface area contributed by atoms with E-state index < -0.39 is 0 Å². The molecule has 28 heavy (non-hydrogen) atoms. The molecule has 0 aromatic heterocycles. The van der Waals surface area contributed by atoms with Crippen molar-refractivity contribution in [2.45, 2.75) is 96.8 Å². The molecule has 2 fully saturated rings. The maximum absolute atomic E-state index is 5.43. The van der Waals surface area contributed by atoms with Gasteiger partial charge in [0.05, 0.1) is 7.11 Å². The Morgan fingerprint density at radius 1 is 0.821 bits per heavy atom. The lowest BCUT2D eigenvalue weighted by molar-refractivity contribution is 0.0690. The highest BCUT2D eigenvalue weighted by molar-refractivity contribution is 5.37. The number of unbranched alkanes of at least 4 members (excludes halogenated alkanes) is 3. The third kappa shape index (κ3) is 4.77. The van der Waals surface area contributed by atoms with Gasteiger partial charge in [0.1, 0.15) is 5.75 Å². The van der Waals surface area contributed by atoms with Crippen LogP contribution in [0.15, 0.2) is 18.2 Å². The molecular formula is C27H42O. The van der Waals surface area contributed by atoms with Gasteiger partial charge in [-0.15, -0.1) is 0 Å². The fraction of sp³-hybridized carbons (Fsp3) is 0.778. The van der Waals surface area contributed by atoms with Gasteiger partial charge in [-0.05, 0) is 104 Å². The molecule has 2 saturated carbocycles. The molecule has 1 aromatic rings. The van der Waals surface area contributed by atoms with Crippen molar-refractivity contribution >= 4 is 0 Å². The first-order chi connectivity index (χ1) is 13.8. The van der Waals surface area contributed by atoms with E-state index in [1.54, 1.807) is 37.5 Å². The number of methoxy groups -OCH3 is 1. The topological polar surface area (TPSA) is 9.23 Å². The molecule has 0 aliphatic heterocycles.